The van der Waals surface area contributed by atoms with Crippen LogP contribution in [-0.4, -0.2) is 14.5 Å². The highest BCUT2D eigenvalue weighted by Gasteiger charge is 2.36. The molecule has 0 atom stereocenters. The molecule has 2 heterocycles. The predicted molar refractivity (Wildman–Crippen MR) is 191 cm³/mol. The molecule has 46 heavy (non-hydrogen) atoms. The number of rotatable bonds is 1. The average molecular weight is 586 g/mol. The highest BCUT2D eigenvalue weighted by Crippen LogP contribution is 2.52. The summed E-state index contributed by atoms with van der Waals surface area (Å²) in [6.07, 6.45) is 0. The minimum Gasteiger partial charge on any atom is -0.309 e. The molecule has 11 rings (SSSR count). The van der Waals surface area contributed by atoms with Crippen LogP contribution in [-0.2, 0) is 5.41 Å². The monoisotopic (exact) mass is 585 g/mol. The summed E-state index contributed by atoms with van der Waals surface area (Å²) in [5, 5.41) is 7.55. The molecule has 2 aromatic heterocycles. The zero-order chi connectivity index (χ0) is 30.3. The van der Waals surface area contributed by atoms with Crippen LogP contribution in [0.2, 0.25) is 0 Å². The van der Waals surface area contributed by atoms with Crippen molar-refractivity contribution < 1.29 is 0 Å². The summed E-state index contributed by atoms with van der Waals surface area (Å²) in [6.45, 7) is 4.72. The normalized spacial score (nSPS) is 14.0. The van der Waals surface area contributed by atoms with Crippen molar-refractivity contribution in [1.82, 2.24) is 14.5 Å². The molecule has 2 aliphatic carbocycles. The molecule has 2 aliphatic rings. The van der Waals surface area contributed by atoms with Crippen molar-refractivity contribution >= 4 is 54.4 Å². The Morgan fingerprint density at radius 2 is 1.20 bits per heavy atom. The minimum absolute atomic E-state index is 0.0893. The van der Waals surface area contributed by atoms with Crippen molar-refractivity contribution in [3.05, 3.63) is 139 Å². The Morgan fingerprint density at radius 3 is 2.07 bits per heavy atom. The maximum absolute atomic E-state index is 5.23. The van der Waals surface area contributed by atoms with E-state index in [1.807, 2.05) is 12.1 Å². The van der Waals surface area contributed by atoms with E-state index in [1.54, 1.807) is 0 Å². The number of aromatic nitrogens is 3. The van der Waals surface area contributed by atoms with E-state index in [2.05, 4.69) is 134 Å². The smallest absolute Gasteiger partial charge is 0.0980 e. The highest BCUT2D eigenvalue weighted by atomic mass is 15.0. The predicted octanol–water partition coefficient (Wildman–Crippen LogP) is 11.0. The lowest BCUT2D eigenvalue weighted by Crippen LogP contribution is -2.15. The van der Waals surface area contributed by atoms with Gasteiger partial charge in [0.1, 0.15) is 0 Å². The third-order valence-corrected chi connectivity index (χ3v) is 10.7. The number of nitrogens with zero attached hydrogens (tertiary/aromatic N) is 3. The fourth-order valence-electron chi connectivity index (χ4n) is 8.61. The van der Waals surface area contributed by atoms with Gasteiger partial charge in [0.05, 0.1) is 33.5 Å². The van der Waals surface area contributed by atoms with Gasteiger partial charge < -0.3 is 4.57 Å². The van der Waals surface area contributed by atoms with Crippen molar-refractivity contribution in [2.24, 2.45) is 0 Å². The van der Waals surface area contributed by atoms with E-state index in [-0.39, 0.29) is 5.41 Å². The second-order valence-electron chi connectivity index (χ2n) is 13.4. The molecule has 0 N–H and O–H groups in total. The van der Waals surface area contributed by atoms with Gasteiger partial charge in [0.25, 0.3) is 0 Å². The van der Waals surface area contributed by atoms with E-state index in [1.165, 1.54) is 76.9 Å². The molecule has 0 saturated carbocycles. The second kappa shape index (κ2) is 8.26. The summed E-state index contributed by atoms with van der Waals surface area (Å²) in [7, 11) is 0. The minimum atomic E-state index is -0.0893. The Morgan fingerprint density at radius 1 is 0.500 bits per heavy atom. The molecule has 3 nitrogen and oxygen atoms in total. The van der Waals surface area contributed by atoms with Gasteiger partial charge in [0.15, 0.2) is 0 Å². The van der Waals surface area contributed by atoms with Crippen LogP contribution in [0.5, 0.6) is 0 Å². The van der Waals surface area contributed by atoms with Crippen LogP contribution in [0.1, 0.15) is 25.0 Å². The van der Waals surface area contributed by atoms with E-state index in [0.717, 1.165) is 28.0 Å². The number of benzene rings is 7. The van der Waals surface area contributed by atoms with E-state index >= 15 is 0 Å². The summed E-state index contributed by atoms with van der Waals surface area (Å²) < 4.78 is 2.52. The maximum Gasteiger partial charge on any atom is 0.0980 e. The number of fused-ring (bicyclic) bond motifs is 13. The molecular weight excluding hydrogens is 558 g/mol. The van der Waals surface area contributed by atoms with Gasteiger partial charge in [0.2, 0.25) is 0 Å². The SMILES string of the molecule is CC1(C)c2ccccc2-c2ccc(-n3c4cc5c6c(cccc6c4c4ccc6ccccc6c43)-c3nc4ccccc4nc3-5)cc21. The van der Waals surface area contributed by atoms with E-state index in [0.29, 0.717) is 0 Å². The van der Waals surface area contributed by atoms with Crippen LogP contribution in [0, 0.1) is 0 Å². The summed E-state index contributed by atoms with van der Waals surface area (Å²) >= 11 is 0. The fourth-order valence-corrected chi connectivity index (χ4v) is 8.61. The van der Waals surface area contributed by atoms with E-state index in [4.69, 9.17) is 9.97 Å². The zero-order valence-electron chi connectivity index (χ0n) is 25.5. The second-order valence-corrected chi connectivity index (χ2v) is 13.4. The summed E-state index contributed by atoms with van der Waals surface area (Å²) in [6, 6.07) is 46.6. The van der Waals surface area contributed by atoms with E-state index < -0.39 is 0 Å². The third-order valence-electron chi connectivity index (χ3n) is 10.7. The van der Waals surface area contributed by atoms with Crippen LogP contribution < -0.4 is 0 Å². The molecule has 7 aromatic carbocycles. The zero-order valence-corrected chi connectivity index (χ0v) is 25.5. The third kappa shape index (κ3) is 2.89. The Kier molecular flexibility index (Phi) is 4.40. The first-order valence-electron chi connectivity index (χ1n) is 16.0. The highest BCUT2D eigenvalue weighted by molar-refractivity contribution is 6.31. The largest absolute Gasteiger partial charge is 0.309 e. The standard InChI is InChI=1S/C43H27N3/c1-43(2)33-15-6-5-12-27(33)28-21-19-25(22-34(28)43)46-37-23-32-38-29(39(37)31-20-18-24-10-3-4-11-26(24)42(31)46)13-9-14-30(38)40-41(32)45-36-17-8-7-16-35(36)44-40/h3-23H,1-2H3. The molecule has 0 aliphatic heterocycles. The lowest BCUT2D eigenvalue weighted by Gasteiger charge is -2.22. The Bertz CT molecular complexity index is 2830. The number of hydrogen-bond donors (Lipinski definition) is 0. The van der Waals surface area contributed by atoms with Crippen LogP contribution in [0.4, 0.5) is 0 Å². The molecule has 0 fully saturated rings. The van der Waals surface area contributed by atoms with Gasteiger partial charge in [-0.15, -0.1) is 0 Å². The van der Waals surface area contributed by atoms with Gasteiger partial charge in [-0.05, 0) is 63.4 Å². The van der Waals surface area contributed by atoms with Gasteiger partial charge >= 0.3 is 0 Å². The number of hydrogen-bond acceptors (Lipinski definition) is 2. The molecule has 0 amide bonds. The van der Waals surface area contributed by atoms with Crippen LogP contribution in [0.3, 0.4) is 0 Å². The van der Waals surface area contributed by atoms with Crippen LogP contribution in [0.15, 0.2) is 127 Å². The molecule has 0 radical (unpaired) electrons. The van der Waals surface area contributed by atoms with Gasteiger partial charge in [0, 0.05) is 43.8 Å². The van der Waals surface area contributed by atoms with Crippen molar-refractivity contribution in [3.8, 4) is 39.3 Å². The first-order valence-corrected chi connectivity index (χ1v) is 16.0. The maximum atomic E-state index is 5.23. The van der Waals surface area contributed by atoms with Gasteiger partial charge in [-0.2, -0.15) is 0 Å². The molecule has 214 valence electrons. The van der Waals surface area contributed by atoms with Gasteiger partial charge in [-0.1, -0.05) is 111 Å². The van der Waals surface area contributed by atoms with Crippen LogP contribution >= 0.6 is 0 Å². The lowest BCUT2D eigenvalue weighted by atomic mass is 9.82. The quantitative estimate of drug-likeness (QED) is 0.192. The summed E-state index contributed by atoms with van der Waals surface area (Å²) in [5.74, 6) is 0. The Labute approximate surface area is 265 Å². The van der Waals surface area contributed by atoms with Gasteiger partial charge in [-0.25, -0.2) is 9.97 Å². The van der Waals surface area contributed by atoms with Crippen molar-refractivity contribution in [3.63, 3.8) is 0 Å². The van der Waals surface area contributed by atoms with Crippen molar-refractivity contribution in [2.75, 3.05) is 0 Å². The summed E-state index contributed by atoms with van der Waals surface area (Å²) in [4.78, 5) is 10.4. The van der Waals surface area contributed by atoms with Gasteiger partial charge in [-0.3, -0.25) is 0 Å². The number of para-hydroxylation sites is 2. The topological polar surface area (TPSA) is 30.7 Å². The van der Waals surface area contributed by atoms with E-state index in [9.17, 15) is 0 Å². The molecular formula is C43H27N3. The Balaban J connectivity index is 1.31. The summed E-state index contributed by atoms with van der Waals surface area (Å²) in [5.41, 5.74) is 15.1. The van der Waals surface area contributed by atoms with Crippen molar-refractivity contribution in [1.29, 1.82) is 0 Å². The molecule has 9 aromatic rings. The first kappa shape index (κ1) is 24.5. The molecule has 0 bridgehead atoms. The van der Waals surface area contributed by atoms with Crippen LogP contribution in [0.25, 0.3) is 93.7 Å². The first-order chi connectivity index (χ1) is 22.6. The fraction of sp³-hybridized carbons (Fsp3) is 0.0698. The lowest BCUT2D eigenvalue weighted by molar-refractivity contribution is 0.660. The molecule has 3 heteroatoms. The average Bonchev–Trinajstić information content (AvgIpc) is 3.68. The Hall–Kier alpha value is -5.80. The van der Waals surface area contributed by atoms with Crippen molar-refractivity contribution in [2.45, 2.75) is 19.3 Å². The molecule has 0 saturated heterocycles. The molecule has 0 unspecified atom stereocenters. The molecule has 0 spiro atoms.